The second-order valence-electron chi connectivity index (χ2n) is 3.56. The van der Waals surface area contributed by atoms with Crippen LogP contribution < -0.4 is 5.73 Å². The van der Waals surface area contributed by atoms with Gasteiger partial charge in [0.25, 0.3) is 0 Å². The van der Waals surface area contributed by atoms with Crippen LogP contribution in [0.2, 0.25) is 5.02 Å². The fourth-order valence-corrected chi connectivity index (χ4v) is 1.81. The van der Waals surface area contributed by atoms with E-state index in [1.54, 1.807) is 0 Å². The molecular weight excluding hydrogens is 198 g/mol. The summed E-state index contributed by atoms with van der Waals surface area (Å²) < 4.78 is 1.84. The molecule has 0 fully saturated rings. The number of nitrogens with zero attached hydrogens (tertiary/aromatic N) is 2. The molecule has 0 aliphatic carbocycles. The first-order chi connectivity index (χ1) is 6.60. The normalized spacial score (nSPS) is 13.2. The van der Waals surface area contributed by atoms with Crippen LogP contribution in [0.15, 0.2) is 0 Å². The molecule has 0 saturated carbocycles. The molecule has 0 aliphatic heterocycles. The molecule has 0 bridgehead atoms. The average molecular weight is 216 g/mol. The summed E-state index contributed by atoms with van der Waals surface area (Å²) >= 11 is 6.19. The molecule has 80 valence electrons. The maximum absolute atomic E-state index is 6.19. The zero-order valence-electron chi connectivity index (χ0n) is 9.05. The van der Waals surface area contributed by atoms with E-state index in [1.807, 2.05) is 11.7 Å². The lowest BCUT2D eigenvalue weighted by Gasteiger charge is -2.08. The Hall–Kier alpha value is -0.540. The summed E-state index contributed by atoms with van der Waals surface area (Å²) in [7, 11) is 1.92. The number of aryl methyl sites for hydroxylation is 2. The molecule has 1 unspecified atom stereocenters. The molecule has 2 N–H and O–H groups in total. The van der Waals surface area contributed by atoms with Crippen molar-refractivity contribution in [3.05, 3.63) is 16.4 Å². The van der Waals surface area contributed by atoms with Crippen molar-refractivity contribution in [3.8, 4) is 0 Å². The molecule has 1 rings (SSSR count). The second-order valence-corrected chi connectivity index (χ2v) is 3.93. The Labute approximate surface area is 90.2 Å². The van der Waals surface area contributed by atoms with E-state index in [2.05, 4.69) is 18.9 Å². The Bertz CT molecular complexity index is 307. The first kappa shape index (κ1) is 11.5. The van der Waals surface area contributed by atoms with Gasteiger partial charge in [0.2, 0.25) is 0 Å². The Balaban J connectivity index is 2.90. The molecular formula is C10H18ClN3. The molecule has 0 radical (unpaired) electrons. The van der Waals surface area contributed by atoms with Gasteiger partial charge in [-0.05, 0) is 12.8 Å². The minimum atomic E-state index is 0.174. The third kappa shape index (κ3) is 2.28. The minimum absolute atomic E-state index is 0.174. The van der Waals surface area contributed by atoms with Crippen LogP contribution in [-0.4, -0.2) is 15.8 Å². The highest BCUT2D eigenvalue weighted by Crippen LogP contribution is 2.21. The SMILES string of the molecule is CCc1nn(C)c(CC(N)CC)c1Cl. The highest BCUT2D eigenvalue weighted by molar-refractivity contribution is 6.31. The molecule has 1 aromatic heterocycles. The van der Waals surface area contributed by atoms with Gasteiger partial charge in [0.05, 0.1) is 16.4 Å². The lowest BCUT2D eigenvalue weighted by Crippen LogP contribution is -2.23. The molecule has 1 heterocycles. The fourth-order valence-electron chi connectivity index (χ4n) is 1.43. The molecule has 0 amide bonds. The molecule has 4 heteroatoms. The van der Waals surface area contributed by atoms with E-state index in [0.29, 0.717) is 0 Å². The summed E-state index contributed by atoms with van der Waals surface area (Å²) in [6.45, 7) is 4.13. The number of hydrogen-bond acceptors (Lipinski definition) is 2. The van der Waals surface area contributed by atoms with Gasteiger partial charge in [-0.2, -0.15) is 5.10 Å². The van der Waals surface area contributed by atoms with Gasteiger partial charge in [-0.25, -0.2) is 0 Å². The zero-order valence-corrected chi connectivity index (χ0v) is 9.80. The van der Waals surface area contributed by atoms with E-state index in [-0.39, 0.29) is 6.04 Å². The van der Waals surface area contributed by atoms with Crippen LogP contribution in [0.5, 0.6) is 0 Å². The van der Waals surface area contributed by atoms with Gasteiger partial charge in [0, 0.05) is 19.5 Å². The Morgan fingerprint density at radius 1 is 1.50 bits per heavy atom. The predicted octanol–water partition coefficient (Wildman–Crippen LogP) is 1.92. The van der Waals surface area contributed by atoms with Crippen molar-refractivity contribution < 1.29 is 0 Å². The summed E-state index contributed by atoms with van der Waals surface area (Å²) in [6, 6.07) is 0.174. The first-order valence-corrected chi connectivity index (χ1v) is 5.43. The van der Waals surface area contributed by atoms with E-state index < -0.39 is 0 Å². The third-order valence-corrected chi connectivity index (χ3v) is 2.92. The van der Waals surface area contributed by atoms with Crippen LogP contribution in [0.3, 0.4) is 0 Å². The van der Waals surface area contributed by atoms with Crippen LogP contribution in [-0.2, 0) is 19.9 Å². The van der Waals surface area contributed by atoms with Crippen molar-refractivity contribution in [1.82, 2.24) is 9.78 Å². The van der Waals surface area contributed by atoms with E-state index in [1.165, 1.54) is 0 Å². The molecule has 3 nitrogen and oxygen atoms in total. The molecule has 1 aromatic rings. The Morgan fingerprint density at radius 2 is 2.14 bits per heavy atom. The Kier molecular flexibility index (Phi) is 3.96. The van der Waals surface area contributed by atoms with Gasteiger partial charge in [-0.3, -0.25) is 4.68 Å². The van der Waals surface area contributed by atoms with Gasteiger partial charge in [-0.1, -0.05) is 25.4 Å². The van der Waals surface area contributed by atoms with E-state index in [4.69, 9.17) is 17.3 Å². The number of hydrogen-bond donors (Lipinski definition) is 1. The first-order valence-electron chi connectivity index (χ1n) is 5.05. The third-order valence-electron chi connectivity index (χ3n) is 2.48. The van der Waals surface area contributed by atoms with Gasteiger partial charge >= 0.3 is 0 Å². The van der Waals surface area contributed by atoms with E-state index in [9.17, 15) is 0 Å². The maximum atomic E-state index is 6.19. The zero-order chi connectivity index (χ0) is 10.7. The van der Waals surface area contributed by atoms with Crippen molar-refractivity contribution in [3.63, 3.8) is 0 Å². The number of aromatic nitrogens is 2. The van der Waals surface area contributed by atoms with Gasteiger partial charge in [0.15, 0.2) is 0 Å². The molecule has 0 aliphatic rings. The molecule has 14 heavy (non-hydrogen) atoms. The van der Waals surface area contributed by atoms with Crippen LogP contribution >= 0.6 is 11.6 Å². The molecule has 1 atom stereocenters. The standard InChI is InChI=1S/C10H18ClN3/c1-4-7(12)6-9-10(11)8(5-2)13-14(9)3/h7H,4-6,12H2,1-3H3. The van der Waals surface area contributed by atoms with Crippen molar-refractivity contribution in [2.45, 2.75) is 39.2 Å². The minimum Gasteiger partial charge on any atom is -0.327 e. The van der Waals surface area contributed by atoms with E-state index in [0.717, 1.165) is 35.7 Å². The summed E-state index contributed by atoms with van der Waals surface area (Å²) in [4.78, 5) is 0. The summed E-state index contributed by atoms with van der Waals surface area (Å²) in [5.74, 6) is 0. The topological polar surface area (TPSA) is 43.8 Å². The number of nitrogens with two attached hydrogens (primary N) is 1. The van der Waals surface area contributed by atoms with Crippen LogP contribution in [0.25, 0.3) is 0 Å². The lowest BCUT2D eigenvalue weighted by molar-refractivity contribution is 0.601. The maximum Gasteiger partial charge on any atom is 0.0850 e. The quantitative estimate of drug-likeness (QED) is 0.834. The van der Waals surface area contributed by atoms with Crippen LogP contribution in [0.4, 0.5) is 0 Å². The summed E-state index contributed by atoms with van der Waals surface area (Å²) in [5.41, 5.74) is 7.91. The predicted molar refractivity (Wildman–Crippen MR) is 59.6 cm³/mol. The Morgan fingerprint density at radius 3 is 2.57 bits per heavy atom. The second kappa shape index (κ2) is 4.80. The average Bonchev–Trinajstić information content (AvgIpc) is 2.44. The van der Waals surface area contributed by atoms with Crippen molar-refractivity contribution in [2.75, 3.05) is 0 Å². The van der Waals surface area contributed by atoms with Crippen molar-refractivity contribution in [1.29, 1.82) is 0 Å². The van der Waals surface area contributed by atoms with Crippen LogP contribution in [0, 0.1) is 0 Å². The highest BCUT2D eigenvalue weighted by atomic mass is 35.5. The van der Waals surface area contributed by atoms with Crippen molar-refractivity contribution >= 4 is 11.6 Å². The lowest BCUT2D eigenvalue weighted by atomic mass is 10.1. The largest absolute Gasteiger partial charge is 0.327 e. The van der Waals surface area contributed by atoms with Gasteiger partial charge in [0.1, 0.15) is 0 Å². The molecule has 0 aromatic carbocycles. The highest BCUT2D eigenvalue weighted by Gasteiger charge is 2.14. The monoisotopic (exact) mass is 215 g/mol. The summed E-state index contributed by atoms with van der Waals surface area (Å²) in [5, 5.41) is 5.14. The fraction of sp³-hybridized carbons (Fsp3) is 0.700. The van der Waals surface area contributed by atoms with Crippen molar-refractivity contribution in [2.24, 2.45) is 12.8 Å². The number of rotatable bonds is 4. The molecule has 0 saturated heterocycles. The molecule has 0 spiro atoms. The summed E-state index contributed by atoms with van der Waals surface area (Å²) in [6.07, 6.45) is 2.63. The van der Waals surface area contributed by atoms with Crippen LogP contribution in [0.1, 0.15) is 31.7 Å². The van der Waals surface area contributed by atoms with Gasteiger partial charge in [-0.15, -0.1) is 0 Å². The number of halogens is 1. The van der Waals surface area contributed by atoms with E-state index >= 15 is 0 Å². The smallest absolute Gasteiger partial charge is 0.0850 e. The van der Waals surface area contributed by atoms with Gasteiger partial charge < -0.3 is 5.73 Å².